The summed E-state index contributed by atoms with van der Waals surface area (Å²) in [6, 6.07) is 0.695. The first kappa shape index (κ1) is 17.3. The Morgan fingerprint density at radius 3 is 2.85 bits per heavy atom. The Bertz CT molecular complexity index is 913. The van der Waals surface area contributed by atoms with Crippen LogP contribution in [-0.2, 0) is 0 Å². The number of nitrogens with two attached hydrogens (primary N) is 1. The monoisotopic (exact) mass is 390 g/mol. The second-order valence-electron chi connectivity index (χ2n) is 6.12. The molecule has 0 aromatic carbocycles. The van der Waals surface area contributed by atoms with Gasteiger partial charge in [0, 0.05) is 24.2 Å². The van der Waals surface area contributed by atoms with Gasteiger partial charge in [-0.1, -0.05) is 11.3 Å². The number of rotatable bonds is 4. The van der Waals surface area contributed by atoms with E-state index in [9.17, 15) is 14.0 Å². The van der Waals surface area contributed by atoms with E-state index in [1.165, 1.54) is 34.0 Å². The molecule has 11 heteroatoms. The molecule has 2 aliphatic rings. The van der Waals surface area contributed by atoms with E-state index >= 15 is 0 Å². The molecule has 4 rings (SSSR count). The molecule has 4 heterocycles. The van der Waals surface area contributed by atoms with Crippen molar-refractivity contribution in [2.45, 2.75) is 18.6 Å². The molecule has 0 aliphatic carbocycles. The van der Waals surface area contributed by atoms with E-state index in [0.29, 0.717) is 30.3 Å². The molecule has 1 unspecified atom stereocenters. The summed E-state index contributed by atoms with van der Waals surface area (Å²) in [5.74, 6) is -1.07. The van der Waals surface area contributed by atoms with Crippen LogP contribution in [0.25, 0.3) is 0 Å². The molecule has 0 bridgehead atoms. The van der Waals surface area contributed by atoms with Gasteiger partial charge in [0.1, 0.15) is 17.6 Å². The lowest BCUT2D eigenvalue weighted by molar-refractivity contribution is 0.0275. The predicted octanol–water partition coefficient (Wildman–Crippen LogP) is 1.39. The first-order chi connectivity index (χ1) is 13.0. The van der Waals surface area contributed by atoms with Gasteiger partial charge in [-0.05, 0) is 11.6 Å². The summed E-state index contributed by atoms with van der Waals surface area (Å²) in [7, 11) is 0. The van der Waals surface area contributed by atoms with E-state index in [1.54, 1.807) is 11.1 Å². The Labute approximate surface area is 157 Å². The van der Waals surface area contributed by atoms with Crippen molar-refractivity contribution in [2.24, 2.45) is 10.8 Å². The lowest BCUT2D eigenvalue weighted by atomic mass is 10.1. The summed E-state index contributed by atoms with van der Waals surface area (Å²) in [6.45, 7) is 0.731. The highest BCUT2D eigenvalue weighted by molar-refractivity contribution is 7.11. The van der Waals surface area contributed by atoms with Crippen LogP contribution in [0.4, 0.5) is 9.18 Å². The molecule has 1 saturated heterocycles. The topological polar surface area (TPSA) is 114 Å². The molecule has 3 amide bonds. The largest absolute Gasteiger partial charge is 0.463 e. The molecule has 2 aliphatic heterocycles. The number of amides is 3. The number of urea groups is 1. The molecule has 0 saturated carbocycles. The molecule has 9 nitrogen and oxygen atoms in total. The lowest BCUT2D eigenvalue weighted by Crippen LogP contribution is -2.58. The fourth-order valence-corrected chi connectivity index (χ4v) is 3.59. The van der Waals surface area contributed by atoms with Crippen LogP contribution >= 0.6 is 11.3 Å². The van der Waals surface area contributed by atoms with Crippen molar-refractivity contribution < 1.29 is 18.7 Å². The molecule has 0 radical (unpaired) electrons. The smallest absolute Gasteiger partial charge is 0.341 e. The summed E-state index contributed by atoms with van der Waals surface area (Å²) in [4.78, 5) is 33.1. The maximum Gasteiger partial charge on any atom is 0.341 e. The summed E-state index contributed by atoms with van der Waals surface area (Å²) in [5.41, 5.74) is 5.90. The maximum atomic E-state index is 13.4. The van der Waals surface area contributed by atoms with Gasteiger partial charge in [0.25, 0.3) is 11.1 Å². The number of carbonyl (C=O) groups is 2. The maximum absolute atomic E-state index is 13.4. The van der Waals surface area contributed by atoms with E-state index in [1.807, 2.05) is 0 Å². The number of hydrogen-bond acceptors (Lipinski definition) is 7. The van der Waals surface area contributed by atoms with Gasteiger partial charge in [-0.2, -0.15) is 10.1 Å². The van der Waals surface area contributed by atoms with Crippen LogP contribution in [0.5, 0.6) is 5.19 Å². The molecule has 1 fully saturated rings. The van der Waals surface area contributed by atoms with E-state index in [4.69, 9.17) is 10.5 Å². The van der Waals surface area contributed by atoms with Gasteiger partial charge in [-0.3, -0.25) is 9.78 Å². The van der Waals surface area contributed by atoms with Crippen LogP contribution in [0.1, 0.15) is 28.5 Å². The van der Waals surface area contributed by atoms with Crippen LogP contribution in [-0.4, -0.2) is 57.2 Å². The normalized spacial score (nSPS) is 19.2. The van der Waals surface area contributed by atoms with Crippen molar-refractivity contribution >= 4 is 29.5 Å². The number of hydrazone groups is 1. The Morgan fingerprint density at radius 2 is 2.15 bits per heavy atom. The quantitative estimate of drug-likeness (QED) is 0.847. The molecular formula is C16H15FN6O3S. The van der Waals surface area contributed by atoms with Crippen molar-refractivity contribution in [3.05, 3.63) is 40.9 Å². The first-order valence-corrected chi connectivity index (χ1v) is 9.02. The lowest BCUT2D eigenvalue weighted by Gasteiger charge is -2.40. The zero-order valence-corrected chi connectivity index (χ0v) is 14.8. The van der Waals surface area contributed by atoms with Gasteiger partial charge in [-0.25, -0.2) is 14.2 Å². The minimum absolute atomic E-state index is 0.153. The molecule has 140 valence electrons. The summed E-state index contributed by atoms with van der Waals surface area (Å²) in [6.07, 6.45) is 4.55. The third-order valence-electron chi connectivity index (χ3n) is 4.26. The zero-order valence-electron chi connectivity index (χ0n) is 14.0. The number of pyridine rings is 1. The molecule has 2 N–H and O–H groups in total. The summed E-state index contributed by atoms with van der Waals surface area (Å²) in [5, 5.41) is 7.32. The summed E-state index contributed by atoms with van der Waals surface area (Å²) >= 11 is 1.18. The minimum Gasteiger partial charge on any atom is -0.463 e. The Hall–Kier alpha value is -3.08. The average molecular weight is 390 g/mol. The fraction of sp³-hybridized carbons (Fsp3) is 0.312. The van der Waals surface area contributed by atoms with Gasteiger partial charge < -0.3 is 15.4 Å². The van der Waals surface area contributed by atoms with Crippen LogP contribution in [0.15, 0.2) is 28.9 Å². The van der Waals surface area contributed by atoms with Crippen LogP contribution in [0.2, 0.25) is 0 Å². The van der Waals surface area contributed by atoms with Gasteiger partial charge in [-0.15, -0.1) is 0 Å². The average Bonchev–Trinajstić information content (AvgIpc) is 3.26. The van der Waals surface area contributed by atoms with Crippen LogP contribution < -0.4 is 10.5 Å². The number of thiazole rings is 1. The zero-order chi connectivity index (χ0) is 19.0. The van der Waals surface area contributed by atoms with Crippen molar-refractivity contribution in [3.63, 3.8) is 0 Å². The van der Waals surface area contributed by atoms with E-state index < -0.39 is 11.7 Å². The van der Waals surface area contributed by atoms with E-state index in [0.717, 1.165) is 6.20 Å². The molecule has 2 aromatic heterocycles. The Kier molecular flexibility index (Phi) is 4.44. The Morgan fingerprint density at radius 1 is 1.33 bits per heavy atom. The first-order valence-electron chi connectivity index (χ1n) is 8.14. The standard InChI is InChI=1S/C16H15FN6O3S/c17-10-3-9(4-19-5-10)13-1-2-20-23(13)16(25)22-6-11(7-22)26-15-21-12(8-27-15)14(18)24/h2-5,8,11,13H,1,6-7H2,(H2,18,24). The predicted molar refractivity (Wildman–Crippen MR) is 93.9 cm³/mol. The second kappa shape index (κ2) is 6.91. The molecular weight excluding hydrogens is 375 g/mol. The summed E-state index contributed by atoms with van der Waals surface area (Å²) < 4.78 is 19.1. The molecule has 0 spiro atoms. The highest BCUT2D eigenvalue weighted by Crippen LogP contribution is 2.31. The third kappa shape index (κ3) is 3.45. The number of likely N-dealkylation sites (tertiary alicyclic amines) is 1. The van der Waals surface area contributed by atoms with E-state index in [2.05, 4.69) is 15.1 Å². The number of ether oxygens (including phenoxy) is 1. The highest BCUT2D eigenvalue weighted by Gasteiger charge is 2.39. The fourth-order valence-electron chi connectivity index (χ4n) is 2.87. The number of aromatic nitrogens is 2. The van der Waals surface area contributed by atoms with Crippen molar-refractivity contribution in [3.8, 4) is 5.19 Å². The minimum atomic E-state index is -0.615. The molecule has 2 aromatic rings. The SMILES string of the molecule is NC(=O)c1csc(OC2CN(C(=O)N3N=CCC3c3cncc(F)c3)C2)n1. The van der Waals surface area contributed by atoms with Crippen molar-refractivity contribution in [1.82, 2.24) is 19.9 Å². The van der Waals surface area contributed by atoms with Gasteiger partial charge >= 0.3 is 6.03 Å². The number of halogens is 1. The number of hydrogen-bond donors (Lipinski definition) is 1. The number of nitrogens with zero attached hydrogens (tertiary/aromatic N) is 5. The van der Waals surface area contributed by atoms with Crippen LogP contribution in [0, 0.1) is 5.82 Å². The van der Waals surface area contributed by atoms with Gasteiger partial charge in [0.05, 0.1) is 25.3 Å². The molecule has 27 heavy (non-hydrogen) atoms. The third-order valence-corrected chi connectivity index (χ3v) is 4.99. The van der Waals surface area contributed by atoms with Crippen molar-refractivity contribution in [2.75, 3.05) is 13.1 Å². The van der Waals surface area contributed by atoms with Gasteiger partial charge in [0.2, 0.25) is 0 Å². The number of primary amides is 1. The number of carbonyl (C=O) groups excluding carboxylic acids is 2. The second-order valence-corrected chi connectivity index (χ2v) is 6.94. The van der Waals surface area contributed by atoms with E-state index in [-0.39, 0.29) is 23.9 Å². The highest BCUT2D eigenvalue weighted by atomic mass is 32.1. The van der Waals surface area contributed by atoms with Gasteiger partial charge in [0.15, 0.2) is 0 Å². The molecule has 1 atom stereocenters. The van der Waals surface area contributed by atoms with Crippen LogP contribution in [0.3, 0.4) is 0 Å². The Balaban J connectivity index is 1.35. The van der Waals surface area contributed by atoms with Crippen molar-refractivity contribution in [1.29, 1.82) is 0 Å².